The van der Waals surface area contributed by atoms with E-state index in [1.54, 1.807) is 12.1 Å². The normalized spacial score (nSPS) is 18.5. The van der Waals surface area contributed by atoms with Crippen molar-refractivity contribution in [1.82, 2.24) is 14.5 Å². The van der Waals surface area contributed by atoms with Gasteiger partial charge in [-0.1, -0.05) is 6.07 Å². The van der Waals surface area contributed by atoms with Gasteiger partial charge in [0, 0.05) is 31.7 Å². The second kappa shape index (κ2) is 7.66. The fourth-order valence-corrected chi connectivity index (χ4v) is 4.50. The molecule has 1 amide bonds. The van der Waals surface area contributed by atoms with Gasteiger partial charge in [-0.15, -0.1) is 0 Å². The van der Waals surface area contributed by atoms with Crippen LogP contribution in [0.4, 0.5) is 0 Å². The van der Waals surface area contributed by atoms with Crippen molar-refractivity contribution in [3.8, 4) is 0 Å². The van der Waals surface area contributed by atoms with Crippen LogP contribution < -0.4 is 5.32 Å². The maximum atomic E-state index is 12.9. The highest BCUT2D eigenvalue weighted by molar-refractivity contribution is 7.89. The number of sulfonamides is 1. The van der Waals surface area contributed by atoms with Gasteiger partial charge in [-0.3, -0.25) is 9.69 Å². The Morgan fingerprint density at radius 1 is 1.08 bits per heavy atom. The first-order valence-electron chi connectivity index (χ1n) is 9.05. The largest absolute Gasteiger partial charge is 0.350 e. The van der Waals surface area contributed by atoms with Crippen LogP contribution >= 0.6 is 0 Å². The lowest BCUT2D eigenvalue weighted by Crippen LogP contribution is -2.56. The number of hydrogen-bond acceptors (Lipinski definition) is 4. The lowest BCUT2D eigenvalue weighted by Gasteiger charge is -2.37. The van der Waals surface area contributed by atoms with Gasteiger partial charge >= 0.3 is 0 Å². The lowest BCUT2D eigenvalue weighted by atomic mass is 10.1. The molecule has 1 heterocycles. The minimum absolute atomic E-state index is 0.0250. The van der Waals surface area contributed by atoms with Gasteiger partial charge in [0.05, 0.1) is 10.9 Å². The van der Waals surface area contributed by atoms with E-state index in [2.05, 4.69) is 5.32 Å². The molecule has 1 N–H and O–H groups in total. The maximum absolute atomic E-state index is 12.9. The summed E-state index contributed by atoms with van der Waals surface area (Å²) in [6.07, 6.45) is 0. The van der Waals surface area contributed by atoms with Gasteiger partial charge in [0.15, 0.2) is 0 Å². The van der Waals surface area contributed by atoms with Gasteiger partial charge in [-0.25, -0.2) is 8.42 Å². The summed E-state index contributed by atoms with van der Waals surface area (Å²) in [5, 5.41) is 2.98. The predicted octanol–water partition coefficient (Wildman–Crippen LogP) is 1.91. The summed E-state index contributed by atoms with van der Waals surface area (Å²) in [4.78, 5) is 14.7. The van der Waals surface area contributed by atoms with Crippen LogP contribution in [0, 0.1) is 13.8 Å². The quantitative estimate of drug-likeness (QED) is 0.865. The lowest BCUT2D eigenvalue weighted by molar-refractivity contribution is -0.127. The molecule has 0 saturated carbocycles. The van der Waals surface area contributed by atoms with Gasteiger partial charge in [0.25, 0.3) is 0 Å². The van der Waals surface area contributed by atoms with Gasteiger partial charge in [0.2, 0.25) is 15.9 Å². The third-order valence-corrected chi connectivity index (χ3v) is 6.71. The molecule has 6 nitrogen and oxygen atoms in total. The zero-order chi connectivity index (χ0) is 19.7. The van der Waals surface area contributed by atoms with E-state index in [1.165, 1.54) is 4.31 Å². The average molecular weight is 382 g/mol. The molecule has 1 saturated heterocycles. The number of nitrogens with zero attached hydrogens (tertiary/aromatic N) is 2. The van der Waals surface area contributed by atoms with Crippen molar-refractivity contribution in [2.24, 2.45) is 0 Å². The standard InChI is InChI=1S/C19H31N3O3S/c1-14-7-8-17(13-15(14)2)26(24,25)22-11-9-21(10-12-22)16(3)18(23)20-19(4,5)6/h7-8,13,16H,9-12H2,1-6H3,(H,20,23)/t16-/m0/s1. The Kier molecular flexibility index (Phi) is 6.15. The fraction of sp³-hybridized carbons (Fsp3) is 0.632. The molecule has 0 spiro atoms. The number of carbonyl (C=O) groups excluding carboxylic acids is 1. The Balaban J connectivity index is 2.03. The van der Waals surface area contributed by atoms with Crippen LogP contribution in [-0.2, 0) is 14.8 Å². The molecule has 0 aromatic heterocycles. The maximum Gasteiger partial charge on any atom is 0.243 e. The summed E-state index contributed by atoms with van der Waals surface area (Å²) >= 11 is 0. The Morgan fingerprint density at radius 2 is 1.65 bits per heavy atom. The zero-order valence-electron chi connectivity index (χ0n) is 16.7. The summed E-state index contributed by atoms with van der Waals surface area (Å²) in [5.74, 6) is -0.0250. The summed E-state index contributed by atoms with van der Waals surface area (Å²) in [7, 11) is -3.49. The number of nitrogens with one attached hydrogen (secondary N) is 1. The third kappa shape index (κ3) is 4.84. The minimum atomic E-state index is -3.49. The third-order valence-electron chi connectivity index (χ3n) is 4.81. The monoisotopic (exact) mass is 381 g/mol. The molecule has 1 fully saturated rings. The second-order valence-corrected chi connectivity index (χ2v) is 10.0. The summed E-state index contributed by atoms with van der Waals surface area (Å²) in [6.45, 7) is 13.5. The highest BCUT2D eigenvalue weighted by Gasteiger charge is 2.32. The van der Waals surface area contributed by atoms with Gasteiger partial charge < -0.3 is 5.32 Å². The van der Waals surface area contributed by atoms with Crippen LogP contribution in [0.5, 0.6) is 0 Å². The first-order chi connectivity index (χ1) is 11.9. The molecule has 0 radical (unpaired) electrons. The molecule has 26 heavy (non-hydrogen) atoms. The summed E-state index contributed by atoms with van der Waals surface area (Å²) in [6, 6.07) is 4.97. The van der Waals surface area contributed by atoms with Crippen LogP contribution in [-0.4, -0.2) is 61.3 Å². The van der Waals surface area contributed by atoms with Crippen LogP contribution in [0.15, 0.2) is 23.1 Å². The van der Waals surface area contributed by atoms with E-state index < -0.39 is 10.0 Å². The van der Waals surface area contributed by atoms with Crippen molar-refractivity contribution < 1.29 is 13.2 Å². The van der Waals surface area contributed by atoms with Crippen molar-refractivity contribution in [3.05, 3.63) is 29.3 Å². The average Bonchev–Trinajstić information content (AvgIpc) is 2.55. The molecule has 1 aliphatic rings. The van der Waals surface area contributed by atoms with Crippen molar-refractivity contribution in [2.75, 3.05) is 26.2 Å². The Bertz CT molecular complexity index is 761. The summed E-state index contributed by atoms with van der Waals surface area (Å²) < 4.78 is 27.3. The molecule has 0 aliphatic carbocycles. The highest BCUT2D eigenvalue weighted by atomic mass is 32.2. The smallest absolute Gasteiger partial charge is 0.243 e. The zero-order valence-corrected chi connectivity index (χ0v) is 17.5. The first-order valence-corrected chi connectivity index (χ1v) is 10.5. The predicted molar refractivity (Wildman–Crippen MR) is 104 cm³/mol. The van der Waals surface area contributed by atoms with Crippen LogP contribution in [0.25, 0.3) is 0 Å². The number of aryl methyl sites for hydroxylation is 2. The SMILES string of the molecule is Cc1ccc(S(=O)(=O)N2CCN([C@@H](C)C(=O)NC(C)(C)C)CC2)cc1C. The second-order valence-electron chi connectivity index (χ2n) is 8.10. The molecule has 2 rings (SSSR count). The van der Waals surface area contributed by atoms with Crippen LogP contribution in [0.2, 0.25) is 0 Å². The number of carbonyl (C=O) groups is 1. The number of benzene rings is 1. The molecule has 7 heteroatoms. The van der Waals surface area contributed by atoms with E-state index in [4.69, 9.17) is 0 Å². The molecule has 0 bridgehead atoms. The Hall–Kier alpha value is -1.44. The van der Waals surface area contributed by atoms with Gasteiger partial charge in [-0.05, 0) is 64.8 Å². The molecule has 1 aromatic rings. The fourth-order valence-electron chi connectivity index (χ4n) is 2.99. The highest BCUT2D eigenvalue weighted by Crippen LogP contribution is 2.21. The van der Waals surface area contributed by atoms with Crippen molar-refractivity contribution in [2.45, 2.75) is 58.0 Å². The summed E-state index contributed by atoms with van der Waals surface area (Å²) in [5.41, 5.74) is 1.77. The minimum Gasteiger partial charge on any atom is -0.350 e. The topological polar surface area (TPSA) is 69.7 Å². The number of rotatable bonds is 4. The van der Waals surface area contributed by atoms with E-state index >= 15 is 0 Å². The van der Waals surface area contributed by atoms with Crippen molar-refractivity contribution in [1.29, 1.82) is 0 Å². The van der Waals surface area contributed by atoms with E-state index in [9.17, 15) is 13.2 Å². The molecule has 146 valence electrons. The van der Waals surface area contributed by atoms with Gasteiger partial charge in [0.1, 0.15) is 0 Å². The van der Waals surface area contributed by atoms with Gasteiger partial charge in [-0.2, -0.15) is 4.31 Å². The Morgan fingerprint density at radius 3 is 2.15 bits per heavy atom. The molecule has 1 aliphatic heterocycles. The van der Waals surface area contributed by atoms with Crippen LogP contribution in [0.3, 0.4) is 0 Å². The molecule has 1 atom stereocenters. The van der Waals surface area contributed by atoms with Crippen molar-refractivity contribution >= 4 is 15.9 Å². The number of piperazine rings is 1. The molecule has 1 aromatic carbocycles. The van der Waals surface area contributed by atoms with E-state index in [0.717, 1.165) is 11.1 Å². The van der Waals surface area contributed by atoms with E-state index in [-0.39, 0.29) is 17.5 Å². The molecular weight excluding hydrogens is 350 g/mol. The van der Waals surface area contributed by atoms with Crippen molar-refractivity contribution in [3.63, 3.8) is 0 Å². The molecular formula is C19H31N3O3S. The van der Waals surface area contributed by atoms with E-state index in [0.29, 0.717) is 31.1 Å². The Labute approximate surface area is 157 Å². The number of amides is 1. The molecule has 0 unspecified atom stereocenters. The van der Waals surface area contributed by atoms with E-state index in [1.807, 2.05) is 52.5 Å². The first kappa shape index (κ1) is 20.9. The van der Waals surface area contributed by atoms with Crippen LogP contribution in [0.1, 0.15) is 38.8 Å². The number of hydrogen-bond donors (Lipinski definition) is 1.